The Morgan fingerprint density at radius 3 is 2.76 bits per heavy atom. The standard InChI is InChI=1S/C23H25N3O3/c27-23-26(17-8-11-21-22(13-17)25-15-24-21)18(14-28-23)12-16-6-9-20(10-7-16)29-19-4-2-1-3-5-19/h6-11,13,15,18-19H,1-5,12,14H2,(H,24,25). The first kappa shape index (κ1) is 18.0. The zero-order chi connectivity index (χ0) is 19.6. The summed E-state index contributed by atoms with van der Waals surface area (Å²) in [5.74, 6) is 0.931. The maximum Gasteiger partial charge on any atom is 0.414 e. The van der Waals surface area contributed by atoms with Crippen molar-refractivity contribution in [3.8, 4) is 5.75 Å². The number of H-pyrrole nitrogens is 1. The van der Waals surface area contributed by atoms with Crippen LogP contribution in [0.3, 0.4) is 0 Å². The number of imidazole rings is 1. The fourth-order valence-corrected chi connectivity index (χ4v) is 4.35. The first-order valence-electron chi connectivity index (χ1n) is 10.4. The molecule has 2 fully saturated rings. The number of aromatic nitrogens is 2. The molecular formula is C23H25N3O3. The van der Waals surface area contributed by atoms with Crippen LogP contribution in [0.5, 0.6) is 5.75 Å². The van der Waals surface area contributed by atoms with Crippen molar-refractivity contribution in [3.05, 3.63) is 54.4 Å². The van der Waals surface area contributed by atoms with E-state index in [1.165, 1.54) is 19.3 Å². The third kappa shape index (κ3) is 3.79. The zero-order valence-electron chi connectivity index (χ0n) is 16.3. The van der Waals surface area contributed by atoms with Gasteiger partial charge in [-0.05, 0) is 68.0 Å². The lowest BCUT2D eigenvalue weighted by atomic mass is 9.98. The molecule has 2 aliphatic rings. The van der Waals surface area contributed by atoms with E-state index in [9.17, 15) is 4.79 Å². The molecule has 1 saturated heterocycles. The molecule has 0 radical (unpaired) electrons. The molecule has 1 aliphatic heterocycles. The fourth-order valence-electron chi connectivity index (χ4n) is 4.35. The van der Waals surface area contributed by atoms with Gasteiger partial charge in [-0.2, -0.15) is 0 Å². The van der Waals surface area contributed by atoms with Gasteiger partial charge in [-0.15, -0.1) is 0 Å². The highest BCUT2D eigenvalue weighted by atomic mass is 16.6. The van der Waals surface area contributed by atoms with Gasteiger partial charge in [0.15, 0.2) is 0 Å². The van der Waals surface area contributed by atoms with E-state index in [1.54, 1.807) is 11.2 Å². The van der Waals surface area contributed by atoms with Crippen molar-refractivity contribution in [3.63, 3.8) is 0 Å². The van der Waals surface area contributed by atoms with Crippen molar-refractivity contribution in [2.75, 3.05) is 11.5 Å². The van der Waals surface area contributed by atoms with E-state index in [4.69, 9.17) is 9.47 Å². The summed E-state index contributed by atoms with van der Waals surface area (Å²) < 4.78 is 11.5. The molecule has 3 aromatic rings. The molecule has 6 nitrogen and oxygen atoms in total. The number of ether oxygens (including phenoxy) is 2. The molecule has 1 saturated carbocycles. The van der Waals surface area contributed by atoms with Crippen LogP contribution in [-0.2, 0) is 11.2 Å². The third-order valence-electron chi connectivity index (χ3n) is 5.89. The summed E-state index contributed by atoms with van der Waals surface area (Å²) in [6.07, 6.45) is 8.59. The van der Waals surface area contributed by atoms with Crippen molar-refractivity contribution >= 4 is 22.8 Å². The molecule has 1 N–H and O–H groups in total. The SMILES string of the molecule is O=C1OCC(Cc2ccc(OC3CCCCC3)cc2)N1c1ccc2[nH]cnc2c1. The number of carbonyl (C=O) groups excluding carboxylic acids is 1. The largest absolute Gasteiger partial charge is 0.490 e. The number of amides is 1. The fraction of sp³-hybridized carbons (Fsp3) is 0.391. The minimum atomic E-state index is -0.304. The van der Waals surface area contributed by atoms with Crippen molar-refractivity contribution in [2.45, 2.75) is 50.7 Å². The molecule has 1 atom stereocenters. The lowest BCUT2D eigenvalue weighted by Crippen LogP contribution is -2.35. The van der Waals surface area contributed by atoms with E-state index < -0.39 is 0 Å². The van der Waals surface area contributed by atoms with E-state index in [2.05, 4.69) is 22.1 Å². The molecular weight excluding hydrogens is 366 g/mol. The van der Waals surface area contributed by atoms with Crippen LogP contribution in [0, 0.1) is 0 Å². The predicted molar refractivity (Wildman–Crippen MR) is 111 cm³/mol. The molecule has 1 amide bonds. The van der Waals surface area contributed by atoms with Gasteiger partial charge in [-0.3, -0.25) is 4.90 Å². The number of fused-ring (bicyclic) bond motifs is 1. The minimum Gasteiger partial charge on any atom is -0.490 e. The minimum absolute atomic E-state index is 0.0380. The van der Waals surface area contributed by atoms with Gasteiger partial charge in [0.1, 0.15) is 12.4 Å². The molecule has 2 aromatic carbocycles. The van der Waals surface area contributed by atoms with E-state index in [0.717, 1.165) is 47.3 Å². The van der Waals surface area contributed by atoms with E-state index in [1.807, 2.05) is 30.3 Å². The van der Waals surface area contributed by atoms with Crippen LogP contribution in [0.25, 0.3) is 11.0 Å². The summed E-state index contributed by atoms with van der Waals surface area (Å²) in [6.45, 7) is 0.387. The number of aromatic amines is 1. The number of cyclic esters (lactones) is 1. The van der Waals surface area contributed by atoms with Gasteiger partial charge in [-0.25, -0.2) is 9.78 Å². The number of nitrogens with one attached hydrogen (secondary N) is 1. The highest BCUT2D eigenvalue weighted by molar-refractivity contribution is 5.93. The third-order valence-corrected chi connectivity index (χ3v) is 5.89. The van der Waals surface area contributed by atoms with Gasteiger partial charge in [0.05, 0.1) is 29.5 Å². The lowest BCUT2D eigenvalue weighted by Gasteiger charge is -2.23. The number of anilines is 1. The second kappa shape index (κ2) is 7.78. The Labute approximate surface area is 169 Å². The molecule has 1 aliphatic carbocycles. The maximum atomic E-state index is 12.4. The van der Waals surface area contributed by atoms with Crippen LogP contribution in [0.15, 0.2) is 48.8 Å². The molecule has 29 heavy (non-hydrogen) atoms. The van der Waals surface area contributed by atoms with Crippen LogP contribution < -0.4 is 9.64 Å². The Bertz CT molecular complexity index is 992. The molecule has 5 rings (SSSR count). The highest BCUT2D eigenvalue weighted by Gasteiger charge is 2.34. The summed E-state index contributed by atoms with van der Waals surface area (Å²) in [7, 11) is 0. The second-order valence-electron chi connectivity index (χ2n) is 7.93. The first-order valence-corrected chi connectivity index (χ1v) is 10.4. The summed E-state index contributed by atoms with van der Waals surface area (Å²) in [4.78, 5) is 21.5. The van der Waals surface area contributed by atoms with Gasteiger partial charge in [0.25, 0.3) is 0 Å². The number of hydrogen-bond donors (Lipinski definition) is 1. The van der Waals surface area contributed by atoms with Crippen LogP contribution in [-0.4, -0.2) is 34.8 Å². The maximum absolute atomic E-state index is 12.4. The van der Waals surface area contributed by atoms with Crippen molar-refractivity contribution < 1.29 is 14.3 Å². The number of benzene rings is 2. The molecule has 2 heterocycles. The van der Waals surface area contributed by atoms with Crippen LogP contribution in [0.4, 0.5) is 10.5 Å². The van der Waals surface area contributed by atoms with Crippen LogP contribution in [0.2, 0.25) is 0 Å². The van der Waals surface area contributed by atoms with Gasteiger partial charge in [0.2, 0.25) is 0 Å². The van der Waals surface area contributed by atoms with Crippen molar-refractivity contribution in [1.82, 2.24) is 9.97 Å². The predicted octanol–water partition coefficient (Wildman–Crippen LogP) is 4.84. The Morgan fingerprint density at radius 1 is 1.10 bits per heavy atom. The topological polar surface area (TPSA) is 67.5 Å². The number of nitrogens with zero attached hydrogens (tertiary/aromatic N) is 2. The average molecular weight is 391 g/mol. The summed E-state index contributed by atoms with van der Waals surface area (Å²) in [6, 6.07) is 14.0. The average Bonchev–Trinajstić information content (AvgIpc) is 3.36. The Hall–Kier alpha value is -3.02. The smallest absolute Gasteiger partial charge is 0.414 e. The molecule has 6 heteroatoms. The number of carbonyl (C=O) groups is 1. The number of hydrogen-bond acceptors (Lipinski definition) is 4. The Balaban J connectivity index is 1.29. The molecule has 150 valence electrons. The monoisotopic (exact) mass is 391 g/mol. The quantitative estimate of drug-likeness (QED) is 0.676. The molecule has 0 bridgehead atoms. The van der Waals surface area contributed by atoms with E-state index in [0.29, 0.717) is 12.7 Å². The van der Waals surface area contributed by atoms with Crippen molar-refractivity contribution in [2.24, 2.45) is 0 Å². The lowest BCUT2D eigenvalue weighted by molar-refractivity contribution is 0.155. The summed E-state index contributed by atoms with van der Waals surface area (Å²) >= 11 is 0. The van der Waals surface area contributed by atoms with Crippen LogP contribution >= 0.6 is 0 Å². The van der Waals surface area contributed by atoms with Gasteiger partial charge in [-0.1, -0.05) is 18.6 Å². The molecule has 1 aromatic heterocycles. The first-order chi connectivity index (χ1) is 14.3. The zero-order valence-corrected chi connectivity index (χ0v) is 16.3. The number of rotatable bonds is 5. The Kier molecular flexibility index (Phi) is 4.84. The highest BCUT2D eigenvalue weighted by Crippen LogP contribution is 2.28. The van der Waals surface area contributed by atoms with Gasteiger partial charge in [0, 0.05) is 5.69 Å². The van der Waals surface area contributed by atoms with Gasteiger partial charge >= 0.3 is 6.09 Å². The van der Waals surface area contributed by atoms with Crippen molar-refractivity contribution in [1.29, 1.82) is 0 Å². The van der Waals surface area contributed by atoms with Crippen LogP contribution in [0.1, 0.15) is 37.7 Å². The summed E-state index contributed by atoms with van der Waals surface area (Å²) in [5.41, 5.74) is 3.76. The second-order valence-corrected chi connectivity index (χ2v) is 7.93. The van der Waals surface area contributed by atoms with Gasteiger partial charge < -0.3 is 14.5 Å². The molecule has 1 unspecified atom stereocenters. The Morgan fingerprint density at radius 2 is 1.93 bits per heavy atom. The van der Waals surface area contributed by atoms with E-state index >= 15 is 0 Å². The van der Waals surface area contributed by atoms with E-state index in [-0.39, 0.29) is 12.1 Å². The normalized spacial score (nSPS) is 20.2. The summed E-state index contributed by atoms with van der Waals surface area (Å²) in [5, 5.41) is 0. The molecule has 0 spiro atoms.